The van der Waals surface area contributed by atoms with Gasteiger partial charge in [-0.2, -0.15) is 0 Å². The molecule has 3 heterocycles. The Kier molecular flexibility index (Phi) is 4.58. The highest BCUT2D eigenvalue weighted by molar-refractivity contribution is 6.16. The fourth-order valence-corrected chi connectivity index (χ4v) is 4.48. The van der Waals surface area contributed by atoms with E-state index in [0.29, 0.717) is 23.6 Å². The first-order valence-electron chi connectivity index (χ1n) is 10.2. The third-order valence-corrected chi connectivity index (χ3v) is 5.93. The van der Waals surface area contributed by atoms with Gasteiger partial charge in [-0.25, -0.2) is 0 Å². The van der Waals surface area contributed by atoms with Gasteiger partial charge in [0.15, 0.2) is 0 Å². The lowest BCUT2D eigenvalue weighted by atomic mass is 9.95. The van der Waals surface area contributed by atoms with Crippen LogP contribution in [0.3, 0.4) is 0 Å². The summed E-state index contributed by atoms with van der Waals surface area (Å²) in [6, 6.07) is 19.9. The second-order valence-corrected chi connectivity index (χ2v) is 7.70. The smallest absolute Gasteiger partial charge is 0.267 e. The fourth-order valence-electron chi connectivity index (χ4n) is 4.48. The van der Waals surface area contributed by atoms with Gasteiger partial charge in [0.25, 0.3) is 11.8 Å². The van der Waals surface area contributed by atoms with Crippen molar-refractivity contribution in [2.24, 2.45) is 0 Å². The monoisotopic (exact) mass is 415 g/mol. The Labute approximate surface area is 179 Å². The molecule has 0 saturated carbocycles. The van der Waals surface area contributed by atoms with Crippen molar-refractivity contribution in [3.63, 3.8) is 0 Å². The summed E-state index contributed by atoms with van der Waals surface area (Å²) in [5, 5.41) is 2.96. The van der Waals surface area contributed by atoms with Crippen molar-refractivity contribution in [1.82, 2.24) is 10.2 Å². The second-order valence-electron chi connectivity index (χ2n) is 7.70. The van der Waals surface area contributed by atoms with Crippen LogP contribution in [0.25, 0.3) is 0 Å². The molecule has 2 aliphatic rings. The van der Waals surface area contributed by atoms with Gasteiger partial charge in [0, 0.05) is 19.4 Å². The van der Waals surface area contributed by atoms with Crippen LogP contribution in [-0.2, 0) is 22.7 Å². The van der Waals surface area contributed by atoms with Gasteiger partial charge in [0.2, 0.25) is 11.6 Å². The molecule has 0 bridgehead atoms. The van der Waals surface area contributed by atoms with Gasteiger partial charge in [0.05, 0.1) is 24.1 Å². The molecule has 156 valence electrons. The number of benzene rings is 2. The Morgan fingerprint density at radius 2 is 1.77 bits per heavy atom. The van der Waals surface area contributed by atoms with Crippen LogP contribution in [0, 0.1) is 0 Å². The summed E-state index contributed by atoms with van der Waals surface area (Å²) in [5.41, 5.74) is 0.365. The zero-order valence-corrected chi connectivity index (χ0v) is 16.8. The van der Waals surface area contributed by atoms with Crippen molar-refractivity contribution < 1.29 is 18.8 Å². The third kappa shape index (κ3) is 3.01. The SMILES string of the molecule is O=C1c2ccccc2N2C(=O)CCC2(C(=O)NCc2ccccc2)N1Cc1ccco1. The zero-order valence-electron chi connectivity index (χ0n) is 16.8. The predicted octanol–water partition coefficient (Wildman–Crippen LogP) is 3.08. The number of nitrogens with zero attached hydrogens (tertiary/aromatic N) is 2. The molecule has 3 aromatic rings. The van der Waals surface area contributed by atoms with E-state index in [1.54, 1.807) is 36.4 Å². The molecule has 31 heavy (non-hydrogen) atoms. The average Bonchev–Trinajstić information content (AvgIpc) is 3.44. The number of rotatable bonds is 5. The molecule has 1 saturated heterocycles. The summed E-state index contributed by atoms with van der Waals surface area (Å²) in [6.07, 6.45) is 1.92. The van der Waals surface area contributed by atoms with Gasteiger partial charge in [0.1, 0.15) is 5.76 Å². The lowest BCUT2D eigenvalue weighted by molar-refractivity contribution is -0.134. The third-order valence-electron chi connectivity index (χ3n) is 5.93. The lowest BCUT2D eigenvalue weighted by Gasteiger charge is -2.48. The van der Waals surface area contributed by atoms with Crippen LogP contribution in [-0.4, -0.2) is 28.3 Å². The molecule has 1 N–H and O–H groups in total. The maximum atomic E-state index is 13.7. The van der Waals surface area contributed by atoms with E-state index in [-0.39, 0.29) is 37.1 Å². The van der Waals surface area contributed by atoms with Crippen LogP contribution in [0.1, 0.15) is 34.5 Å². The molecule has 5 rings (SSSR count). The van der Waals surface area contributed by atoms with Gasteiger partial charge in [-0.15, -0.1) is 0 Å². The molecule has 2 aromatic carbocycles. The Bertz CT molecular complexity index is 1140. The molecule has 0 spiro atoms. The highest BCUT2D eigenvalue weighted by Crippen LogP contribution is 2.45. The normalized spacial score (nSPS) is 19.9. The van der Waals surface area contributed by atoms with Crippen molar-refractivity contribution in [1.29, 1.82) is 0 Å². The van der Waals surface area contributed by atoms with Crippen LogP contribution in [0.2, 0.25) is 0 Å². The number of para-hydroxylation sites is 1. The first-order valence-corrected chi connectivity index (χ1v) is 10.2. The van der Waals surface area contributed by atoms with Gasteiger partial charge >= 0.3 is 0 Å². The topological polar surface area (TPSA) is 82.9 Å². The summed E-state index contributed by atoms with van der Waals surface area (Å²) >= 11 is 0. The molecule has 1 atom stereocenters. The molecular weight excluding hydrogens is 394 g/mol. The summed E-state index contributed by atoms with van der Waals surface area (Å²) in [5.74, 6) is -0.314. The van der Waals surface area contributed by atoms with Crippen molar-refractivity contribution in [3.05, 3.63) is 89.9 Å². The van der Waals surface area contributed by atoms with E-state index in [9.17, 15) is 14.4 Å². The molecule has 2 aliphatic heterocycles. The largest absolute Gasteiger partial charge is 0.467 e. The average molecular weight is 415 g/mol. The van der Waals surface area contributed by atoms with Gasteiger partial charge in [-0.05, 0) is 29.8 Å². The van der Waals surface area contributed by atoms with Gasteiger partial charge < -0.3 is 9.73 Å². The minimum Gasteiger partial charge on any atom is -0.467 e. The Hall–Kier alpha value is -3.87. The molecule has 0 radical (unpaired) electrons. The van der Waals surface area contributed by atoms with Gasteiger partial charge in [-0.1, -0.05) is 42.5 Å². The Balaban J connectivity index is 1.58. The van der Waals surface area contributed by atoms with Crippen molar-refractivity contribution in [2.45, 2.75) is 31.6 Å². The highest BCUT2D eigenvalue weighted by Gasteiger charge is 2.60. The number of nitrogens with one attached hydrogen (secondary N) is 1. The maximum absolute atomic E-state index is 13.7. The molecule has 7 nitrogen and oxygen atoms in total. The van der Waals surface area contributed by atoms with Crippen molar-refractivity contribution in [2.75, 3.05) is 4.90 Å². The quantitative estimate of drug-likeness (QED) is 0.694. The van der Waals surface area contributed by atoms with E-state index in [0.717, 1.165) is 5.56 Å². The molecule has 1 aromatic heterocycles. The van der Waals surface area contributed by atoms with E-state index in [4.69, 9.17) is 4.42 Å². The van der Waals surface area contributed by atoms with E-state index >= 15 is 0 Å². The minimum absolute atomic E-state index is 0.0860. The summed E-state index contributed by atoms with van der Waals surface area (Å²) in [4.78, 5) is 43.2. The molecule has 1 unspecified atom stereocenters. The summed E-state index contributed by atoms with van der Waals surface area (Å²) < 4.78 is 5.47. The molecule has 1 fully saturated rings. The number of carbonyl (C=O) groups is 3. The maximum Gasteiger partial charge on any atom is 0.267 e. The molecule has 3 amide bonds. The second kappa shape index (κ2) is 7.43. The summed E-state index contributed by atoms with van der Waals surface area (Å²) in [6.45, 7) is 0.386. The Morgan fingerprint density at radius 3 is 2.55 bits per heavy atom. The number of anilines is 1. The van der Waals surface area contributed by atoms with Crippen LogP contribution >= 0.6 is 0 Å². The van der Waals surface area contributed by atoms with Crippen LogP contribution < -0.4 is 10.2 Å². The predicted molar refractivity (Wildman–Crippen MR) is 113 cm³/mol. The lowest BCUT2D eigenvalue weighted by Crippen LogP contribution is -2.70. The van der Waals surface area contributed by atoms with Crippen LogP contribution in [0.4, 0.5) is 5.69 Å². The fraction of sp³-hybridized carbons (Fsp3) is 0.208. The van der Waals surface area contributed by atoms with Gasteiger partial charge in [-0.3, -0.25) is 24.2 Å². The van der Waals surface area contributed by atoms with E-state index in [2.05, 4.69) is 5.32 Å². The molecular formula is C24H21N3O4. The first kappa shape index (κ1) is 19.1. The number of furan rings is 1. The van der Waals surface area contributed by atoms with E-state index in [1.807, 2.05) is 30.3 Å². The number of fused-ring (bicyclic) bond motifs is 3. The Morgan fingerprint density at radius 1 is 1.00 bits per heavy atom. The number of hydrogen-bond donors (Lipinski definition) is 1. The number of amides is 3. The van der Waals surface area contributed by atoms with Crippen LogP contribution in [0.15, 0.2) is 77.4 Å². The molecule has 0 aliphatic carbocycles. The minimum atomic E-state index is -1.44. The number of carbonyl (C=O) groups excluding carboxylic acids is 3. The van der Waals surface area contributed by atoms with Crippen molar-refractivity contribution in [3.8, 4) is 0 Å². The number of hydrogen-bond acceptors (Lipinski definition) is 4. The molecule has 7 heteroatoms. The summed E-state index contributed by atoms with van der Waals surface area (Å²) in [7, 11) is 0. The zero-order chi connectivity index (χ0) is 21.4. The van der Waals surface area contributed by atoms with Crippen molar-refractivity contribution >= 4 is 23.4 Å². The van der Waals surface area contributed by atoms with E-state index < -0.39 is 5.66 Å². The highest BCUT2D eigenvalue weighted by atomic mass is 16.3. The van der Waals surface area contributed by atoms with E-state index in [1.165, 1.54) is 16.1 Å². The standard InChI is InChI=1S/C24H21N3O4/c28-21-12-13-24(23(30)25-15-17-7-2-1-3-8-17)26(16-18-9-6-14-31-18)22(29)19-10-4-5-11-20(19)27(21)24/h1-11,14H,12-13,15-16H2,(H,25,30). The first-order chi connectivity index (χ1) is 15.1. The van der Waals surface area contributed by atoms with Crippen LogP contribution in [0.5, 0.6) is 0 Å².